The normalized spacial score (nSPS) is 10.9. The molecule has 2 aromatic heterocycles. The fourth-order valence-electron chi connectivity index (χ4n) is 2.85. The van der Waals surface area contributed by atoms with Gasteiger partial charge in [-0.25, -0.2) is 18.7 Å². The van der Waals surface area contributed by atoms with E-state index in [1.807, 2.05) is 19.1 Å². The second-order valence-electron chi connectivity index (χ2n) is 6.87. The van der Waals surface area contributed by atoms with Crippen LogP contribution in [0.25, 0.3) is 0 Å². The van der Waals surface area contributed by atoms with Crippen LogP contribution in [0.5, 0.6) is 5.75 Å². The summed E-state index contributed by atoms with van der Waals surface area (Å²) in [6.07, 6.45) is 2.97. The minimum atomic E-state index is -0.501. The first-order valence-electron chi connectivity index (χ1n) is 9.45. The van der Waals surface area contributed by atoms with Gasteiger partial charge >= 0.3 is 0 Å². The lowest BCUT2D eigenvalue weighted by Gasteiger charge is -2.08. The zero-order valence-corrected chi connectivity index (χ0v) is 18.3. The molecule has 0 bridgehead atoms. The van der Waals surface area contributed by atoms with Gasteiger partial charge in [-0.05, 0) is 42.8 Å². The van der Waals surface area contributed by atoms with Crippen LogP contribution in [-0.4, -0.2) is 30.5 Å². The summed E-state index contributed by atoms with van der Waals surface area (Å²) in [5.41, 5.74) is 1.44. The molecule has 11 heteroatoms. The molecule has 4 aromatic rings. The summed E-state index contributed by atoms with van der Waals surface area (Å²) in [5.74, 6) is -0.366. The van der Waals surface area contributed by atoms with Gasteiger partial charge in [0.2, 0.25) is 5.95 Å². The minimum Gasteiger partial charge on any atom is -0.470 e. The molecule has 8 nitrogen and oxygen atoms in total. The quantitative estimate of drug-likeness (QED) is 0.424. The molecular weight excluding hydrogens is 458 g/mol. The van der Waals surface area contributed by atoms with Gasteiger partial charge in [0, 0.05) is 16.8 Å². The number of aryl methyl sites for hydroxylation is 1. The van der Waals surface area contributed by atoms with Gasteiger partial charge in [0.25, 0.3) is 5.91 Å². The Morgan fingerprint density at radius 3 is 2.78 bits per heavy atom. The molecule has 0 fully saturated rings. The summed E-state index contributed by atoms with van der Waals surface area (Å²) in [7, 11) is 0. The Bertz CT molecular complexity index is 1250. The van der Waals surface area contributed by atoms with E-state index in [0.29, 0.717) is 10.8 Å². The van der Waals surface area contributed by atoms with Gasteiger partial charge in [0.05, 0.1) is 11.6 Å². The highest BCUT2D eigenvalue weighted by Gasteiger charge is 2.14. The molecule has 1 amide bonds. The number of amides is 1. The van der Waals surface area contributed by atoms with Crippen molar-refractivity contribution in [2.75, 3.05) is 5.32 Å². The maximum absolute atomic E-state index is 13.9. The van der Waals surface area contributed by atoms with Crippen molar-refractivity contribution in [2.24, 2.45) is 0 Å². The lowest BCUT2D eigenvalue weighted by atomic mass is 10.2. The summed E-state index contributed by atoms with van der Waals surface area (Å²) in [6.45, 7) is 2.08. The van der Waals surface area contributed by atoms with Gasteiger partial charge < -0.3 is 4.74 Å². The van der Waals surface area contributed by atoms with E-state index in [0.717, 1.165) is 5.56 Å². The molecule has 32 heavy (non-hydrogen) atoms. The van der Waals surface area contributed by atoms with Gasteiger partial charge in [-0.2, -0.15) is 5.10 Å². The predicted molar refractivity (Wildman–Crippen MR) is 118 cm³/mol. The number of benzene rings is 2. The number of aromatic nitrogens is 5. The molecule has 4 rings (SSSR count). The Kier molecular flexibility index (Phi) is 6.38. The topological polar surface area (TPSA) is 86.9 Å². The van der Waals surface area contributed by atoms with Crippen molar-refractivity contribution in [3.05, 3.63) is 87.7 Å². The number of hydrogen-bond acceptors (Lipinski definition) is 5. The molecule has 0 aliphatic rings. The fourth-order valence-corrected chi connectivity index (χ4v) is 3.25. The van der Waals surface area contributed by atoms with Crippen LogP contribution in [0.2, 0.25) is 10.0 Å². The standard InChI is InChI=1S/C21H17Cl2FN6O2/c1-13-5-6-16(23)19(9-13)32-12-29-8-7-18(27-29)20(31)26-21-25-11-30(28-21)10-14-15(22)3-2-4-17(14)24/h2-9,11H,10,12H2,1H3,(H,26,28,31). The Morgan fingerprint density at radius 1 is 1.12 bits per heavy atom. The van der Waals surface area contributed by atoms with Crippen LogP contribution in [0.15, 0.2) is 55.0 Å². The number of rotatable bonds is 7. The number of nitrogens with one attached hydrogen (secondary N) is 1. The highest BCUT2D eigenvalue weighted by molar-refractivity contribution is 6.32. The van der Waals surface area contributed by atoms with Gasteiger partial charge in [-0.15, -0.1) is 5.10 Å². The maximum atomic E-state index is 13.9. The van der Waals surface area contributed by atoms with Crippen molar-refractivity contribution in [2.45, 2.75) is 20.2 Å². The molecular formula is C21H17Cl2FN6O2. The monoisotopic (exact) mass is 474 g/mol. The zero-order valence-electron chi connectivity index (χ0n) is 16.8. The first kappa shape index (κ1) is 21.8. The van der Waals surface area contributed by atoms with Crippen LogP contribution in [0.1, 0.15) is 21.6 Å². The zero-order chi connectivity index (χ0) is 22.7. The number of ether oxygens (including phenoxy) is 1. The number of carbonyl (C=O) groups excluding carboxylic acids is 1. The first-order valence-corrected chi connectivity index (χ1v) is 10.2. The highest BCUT2D eigenvalue weighted by atomic mass is 35.5. The van der Waals surface area contributed by atoms with E-state index in [1.165, 1.54) is 33.9 Å². The van der Waals surface area contributed by atoms with E-state index in [4.69, 9.17) is 27.9 Å². The molecule has 164 valence electrons. The van der Waals surface area contributed by atoms with Crippen molar-refractivity contribution >= 4 is 35.1 Å². The van der Waals surface area contributed by atoms with Gasteiger partial charge in [0.1, 0.15) is 17.9 Å². The molecule has 0 radical (unpaired) electrons. The molecule has 0 unspecified atom stereocenters. The molecule has 2 aromatic carbocycles. The van der Waals surface area contributed by atoms with Crippen LogP contribution >= 0.6 is 23.2 Å². The molecule has 2 heterocycles. The summed E-state index contributed by atoms with van der Waals surface area (Å²) in [5, 5.41) is 11.6. The molecule has 0 spiro atoms. The van der Waals surface area contributed by atoms with Crippen LogP contribution in [0.3, 0.4) is 0 Å². The average Bonchev–Trinajstić information content (AvgIpc) is 3.41. The van der Waals surface area contributed by atoms with Gasteiger partial charge in [-0.1, -0.05) is 35.3 Å². The van der Waals surface area contributed by atoms with Gasteiger partial charge in [-0.3, -0.25) is 10.1 Å². The van der Waals surface area contributed by atoms with Gasteiger partial charge in [0.15, 0.2) is 12.4 Å². The lowest BCUT2D eigenvalue weighted by molar-refractivity contribution is 0.101. The Hall–Kier alpha value is -3.43. The van der Waals surface area contributed by atoms with Crippen molar-refractivity contribution in [3.8, 4) is 5.75 Å². The molecule has 0 atom stereocenters. The van der Waals surface area contributed by atoms with E-state index >= 15 is 0 Å². The maximum Gasteiger partial charge on any atom is 0.278 e. The van der Waals surface area contributed by atoms with E-state index in [-0.39, 0.29) is 35.5 Å². The van der Waals surface area contributed by atoms with Crippen molar-refractivity contribution < 1.29 is 13.9 Å². The van der Waals surface area contributed by atoms with E-state index in [2.05, 4.69) is 20.5 Å². The summed E-state index contributed by atoms with van der Waals surface area (Å²) in [6, 6.07) is 11.4. The van der Waals surface area contributed by atoms with Crippen LogP contribution in [0.4, 0.5) is 10.3 Å². The van der Waals surface area contributed by atoms with Crippen LogP contribution in [-0.2, 0) is 13.3 Å². The fraction of sp³-hybridized carbons (Fsp3) is 0.143. The molecule has 1 N–H and O–H groups in total. The van der Waals surface area contributed by atoms with E-state index in [1.54, 1.807) is 18.3 Å². The largest absolute Gasteiger partial charge is 0.470 e. The van der Waals surface area contributed by atoms with E-state index < -0.39 is 11.7 Å². The van der Waals surface area contributed by atoms with Crippen molar-refractivity contribution in [3.63, 3.8) is 0 Å². The highest BCUT2D eigenvalue weighted by Crippen LogP contribution is 2.25. The Morgan fingerprint density at radius 2 is 1.97 bits per heavy atom. The third-order valence-electron chi connectivity index (χ3n) is 4.46. The van der Waals surface area contributed by atoms with Crippen LogP contribution in [0, 0.1) is 12.7 Å². The smallest absolute Gasteiger partial charge is 0.278 e. The molecule has 0 aliphatic heterocycles. The number of nitrogens with zero attached hydrogens (tertiary/aromatic N) is 5. The first-order chi connectivity index (χ1) is 15.4. The average molecular weight is 475 g/mol. The Balaban J connectivity index is 1.37. The molecule has 0 saturated heterocycles. The third kappa shape index (κ3) is 5.06. The number of hydrogen-bond donors (Lipinski definition) is 1. The SMILES string of the molecule is Cc1ccc(Cl)c(OCn2ccc(C(=O)Nc3ncn(Cc4c(F)cccc4Cl)n3)n2)c1. The molecule has 0 aliphatic carbocycles. The lowest BCUT2D eigenvalue weighted by Crippen LogP contribution is -2.15. The van der Waals surface area contributed by atoms with Crippen LogP contribution < -0.4 is 10.1 Å². The van der Waals surface area contributed by atoms with Crippen molar-refractivity contribution in [1.29, 1.82) is 0 Å². The second kappa shape index (κ2) is 9.37. The number of carbonyl (C=O) groups is 1. The summed E-state index contributed by atoms with van der Waals surface area (Å²) >= 11 is 12.2. The second-order valence-corrected chi connectivity index (χ2v) is 7.68. The third-order valence-corrected chi connectivity index (χ3v) is 5.12. The predicted octanol–water partition coefficient (Wildman–Crippen LogP) is 4.57. The summed E-state index contributed by atoms with van der Waals surface area (Å²) < 4.78 is 22.4. The molecule has 0 saturated carbocycles. The Labute approximate surface area is 192 Å². The number of anilines is 1. The summed E-state index contributed by atoms with van der Waals surface area (Å²) in [4.78, 5) is 16.5. The minimum absolute atomic E-state index is 0.0554. The van der Waals surface area contributed by atoms with Crippen molar-refractivity contribution in [1.82, 2.24) is 24.5 Å². The number of halogens is 3. The van der Waals surface area contributed by atoms with E-state index in [9.17, 15) is 9.18 Å².